The molecule has 24 heavy (non-hydrogen) atoms. The minimum Gasteiger partial charge on any atom is -0.504 e. The Balaban J connectivity index is 2.53. The van der Waals surface area contributed by atoms with E-state index in [4.69, 9.17) is 0 Å². The molecule has 124 valence electrons. The Labute approximate surface area is 127 Å². The molecule has 0 spiro atoms. The van der Waals surface area contributed by atoms with Crippen molar-refractivity contribution in [1.82, 2.24) is 0 Å². The fourth-order valence-electron chi connectivity index (χ4n) is 2.41. The van der Waals surface area contributed by atoms with Crippen molar-refractivity contribution in [2.45, 2.75) is 0 Å². The maximum Gasteiger partial charge on any atom is 0.205 e. The summed E-state index contributed by atoms with van der Waals surface area (Å²) in [5.41, 5.74) is -6.19. The van der Waals surface area contributed by atoms with E-state index in [0.29, 0.717) is 0 Å². The molecule has 0 radical (unpaired) electrons. The van der Waals surface area contributed by atoms with Crippen LogP contribution in [-0.2, 0) is 0 Å². The van der Waals surface area contributed by atoms with Gasteiger partial charge >= 0.3 is 0 Å². The van der Waals surface area contributed by atoms with Gasteiger partial charge < -0.3 is 10.2 Å². The first-order valence-electron chi connectivity index (χ1n) is 5.99. The van der Waals surface area contributed by atoms with Crippen LogP contribution in [0.5, 0.6) is 11.5 Å². The van der Waals surface area contributed by atoms with Gasteiger partial charge in [0.1, 0.15) is 0 Å². The molecule has 0 saturated carbocycles. The zero-order valence-electron chi connectivity index (χ0n) is 11.0. The third-order valence-electron chi connectivity index (χ3n) is 3.51. The van der Waals surface area contributed by atoms with E-state index in [9.17, 15) is 46.1 Å². The molecule has 0 heterocycles. The van der Waals surface area contributed by atoms with Gasteiger partial charge in [0.25, 0.3) is 0 Å². The highest BCUT2D eigenvalue weighted by Crippen LogP contribution is 2.43. The molecule has 3 rings (SSSR count). The summed E-state index contributed by atoms with van der Waals surface area (Å²) in [4.78, 5) is 24.2. The number of benzene rings is 2. The fourth-order valence-corrected chi connectivity index (χ4v) is 2.41. The van der Waals surface area contributed by atoms with Gasteiger partial charge in [-0.3, -0.25) is 9.59 Å². The number of hydrogen-bond acceptors (Lipinski definition) is 4. The largest absolute Gasteiger partial charge is 0.504 e. The van der Waals surface area contributed by atoms with Gasteiger partial charge in [-0.25, -0.2) is 22.0 Å². The first kappa shape index (κ1) is 15.8. The number of phenolic OH excluding ortho intramolecular Hbond substituents is 2. The summed E-state index contributed by atoms with van der Waals surface area (Å²) >= 11 is 0. The lowest BCUT2D eigenvalue weighted by molar-refractivity contribution is 0.0961. The van der Waals surface area contributed by atoms with E-state index in [0.717, 1.165) is 0 Å². The van der Waals surface area contributed by atoms with E-state index >= 15 is 0 Å². The number of ketones is 2. The van der Waals surface area contributed by atoms with Crippen molar-refractivity contribution in [1.29, 1.82) is 0 Å². The molecule has 0 unspecified atom stereocenters. The van der Waals surface area contributed by atoms with Crippen LogP contribution in [0.15, 0.2) is 0 Å². The second-order valence-corrected chi connectivity index (χ2v) is 4.74. The van der Waals surface area contributed by atoms with Crippen LogP contribution in [0.3, 0.4) is 0 Å². The molecular formula is C14H2F6O4. The van der Waals surface area contributed by atoms with Crippen molar-refractivity contribution in [3.8, 4) is 11.5 Å². The Kier molecular flexibility index (Phi) is 3.12. The van der Waals surface area contributed by atoms with Gasteiger partial charge in [0.15, 0.2) is 40.6 Å². The normalized spacial score (nSPS) is 13.1. The SMILES string of the molecule is O=C1c2c(O)c(O)c(F)c(F)c2C(=O)c2c(F)c(F)c(F)c(F)c21. The molecule has 0 saturated heterocycles. The summed E-state index contributed by atoms with van der Waals surface area (Å²) < 4.78 is 81.4. The molecule has 2 aromatic rings. The molecule has 10 heteroatoms. The van der Waals surface area contributed by atoms with Gasteiger partial charge in [0, 0.05) is 0 Å². The number of carbonyl (C=O) groups is 2. The zero-order chi connectivity index (χ0) is 18.1. The molecule has 0 amide bonds. The summed E-state index contributed by atoms with van der Waals surface area (Å²) in [6.45, 7) is 0. The summed E-state index contributed by atoms with van der Waals surface area (Å²) in [5, 5.41) is 18.7. The minimum atomic E-state index is -2.43. The van der Waals surface area contributed by atoms with Gasteiger partial charge in [0.05, 0.1) is 22.3 Å². The minimum absolute atomic E-state index is 1.40. The lowest BCUT2D eigenvalue weighted by Crippen LogP contribution is -2.27. The molecule has 2 N–H and O–H groups in total. The Morgan fingerprint density at radius 3 is 1.25 bits per heavy atom. The van der Waals surface area contributed by atoms with Crippen molar-refractivity contribution >= 4 is 11.6 Å². The van der Waals surface area contributed by atoms with Crippen LogP contribution >= 0.6 is 0 Å². The van der Waals surface area contributed by atoms with Gasteiger partial charge in [-0.1, -0.05) is 0 Å². The number of rotatable bonds is 0. The van der Waals surface area contributed by atoms with E-state index in [2.05, 4.69) is 0 Å². The fraction of sp³-hybridized carbons (Fsp3) is 0. The predicted molar refractivity (Wildman–Crippen MR) is 62.8 cm³/mol. The second-order valence-electron chi connectivity index (χ2n) is 4.74. The number of phenols is 2. The van der Waals surface area contributed by atoms with Crippen LogP contribution in [0.4, 0.5) is 26.3 Å². The average Bonchev–Trinajstić information content (AvgIpc) is 2.55. The molecule has 0 atom stereocenters. The van der Waals surface area contributed by atoms with E-state index < -0.39 is 80.2 Å². The highest BCUT2D eigenvalue weighted by molar-refractivity contribution is 6.29. The molecule has 2 aromatic carbocycles. The Hall–Kier alpha value is -3.04. The number of halogens is 6. The van der Waals surface area contributed by atoms with E-state index in [1.165, 1.54) is 0 Å². The monoisotopic (exact) mass is 348 g/mol. The molecular weight excluding hydrogens is 346 g/mol. The lowest BCUT2D eigenvalue weighted by Gasteiger charge is -2.21. The molecule has 0 aromatic heterocycles. The summed E-state index contributed by atoms with van der Waals surface area (Å²) in [6.07, 6.45) is 0. The zero-order valence-corrected chi connectivity index (χ0v) is 11.0. The first-order valence-corrected chi connectivity index (χ1v) is 5.99. The van der Waals surface area contributed by atoms with Gasteiger partial charge in [-0.15, -0.1) is 0 Å². The van der Waals surface area contributed by atoms with Crippen LogP contribution in [0.1, 0.15) is 31.8 Å². The smallest absolute Gasteiger partial charge is 0.205 e. The predicted octanol–water partition coefficient (Wildman–Crippen LogP) is 2.71. The number of hydrogen-bond donors (Lipinski definition) is 2. The molecule has 1 aliphatic rings. The summed E-state index contributed by atoms with van der Waals surface area (Å²) in [6, 6.07) is 0. The molecule has 1 aliphatic carbocycles. The highest BCUT2D eigenvalue weighted by Gasteiger charge is 2.43. The van der Waals surface area contributed by atoms with Gasteiger partial charge in [0.2, 0.25) is 17.4 Å². The Morgan fingerprint density at radius 2 is 0.792 bits per heavy atom. The number of fused-ring (bicyclic) bond motifs is 2. The van der Waals surface area contributed by atoms with Crippen LogP contribution in [-0.4, -0.2) is 21.8 Å². The van der Waals surface area contributed by atoms with Crippen molar-refractivity contribution in [2.75, 3.05) is 0 Å². The first-order chi connectivity index (χ1) is 11.1. The molecule has 0 aliphatic heterocycles. The maximum absolute atomic E-state index is 13.9. The van der Waals surface area contributed by atoms with E-state index in [1.54, 1.807) is 0 Å². The van der Waals surface area contributed by atoms with Crippen LogP contribution in [0.25, 0.3) is 0 Å². The average molecular weight is 348 g/mol. The quantitative estimate of drug-likeness (QED) is 0.284. The summed E-state index contributed by atoms with van der Waals surface area (Å²) in [7, 11) is 0. The maximum atomic E-state index is 13.9. The number of aromatic hydroxyl groups is 2. The van der Waals surface area contributed by atoms with Crippen LogP contribution in [0.2, 0.25) is 0 Å². The molecule has 0 bridgehead atoms. The highest BCUT2D eigenvalue weighted by atomic mass is 19.2. The third-order valence-corrected chi connectivity index (χ3v) is 3.51. The topological polar surface area (TPSA) is 74.6 Å². The number of carbonyl (C=O) groups excluding carboxylic acids is 2. The Bertz CT molecular complexity index is 829. The lowest BCUT2D eigenvalue weighted by atomic mass is 9.82. The summed E-state index contributed by atoms with van der Waals surface area (Å²) in [5.74, 6) is -20.8. The van der Waals surface area contributed by atoms with E-state index in [-0.39, 0.29) is 0 Å². The Morgan fingerprint density at radius 1 is 0.458 bits per heavy atom. The van der Waals surface area contributed by atoms with Gasteiger partial charge in [-0.05, 0) is 0 Å². The van der Waals surface area contributed by atoms with Crippen molar-refractivity contribution < 1.29 is 46.1 Å². The molecule has 0 fully saturated rings. The van der Waals surface area contributed by atoms with Crippen molar-refractivity contribution in [3.05, 3.63) is 57.2 Å². The second kappa shape index (κ2) is 4.73. The van der Waals surface area contributed by atoms with Crippen molar-refractivity contribution in [2.24, 2.45) is 0 Å². The third kappa shape index (κ3) is 1.65. The van der Waals surface area contributed by atoms with Gasteiger partial charge in [-0.2, -0.15) is 4.39 Å². The van der Waals surface area contributed by atoms with E-state index in [1.807, 2.05) is 0 Å². The molecule has 4 nitrogen and oxygen atoms in total. The van der Waals surface area contributed by atoms with Crippen LogP contribution < -0.4 is 0 Å². The van der Waals surface area contributed by atoms with Crippen LogP contribution in [0, 0.1) is 34.9 Å². The standard InChI is InChI=1S/C14H2F6O4/c15-5-1-2(6(16)9(19)8(5)18)12(22)4-3(11(1)21)7(17)10(20)14(24)13(4)23/h23-24H. The van der Waals surface area contributed by atoms with Crippen molar-refractivity contribution in [3.63, 3.8) is 0 Å².